The molecular weight excluding hydrogens is 522 g/mol. The minimum absolute atomic E-state index is 0.0836. The van der Waals surface area contributed by atoms with Gasteiger partial charge in [0.2, 0.25) is 0 Å². The molecule has 179 valence electrons. The van der Waals surface area contributed by atoms with Crippen LogP contribution in [0.25, 0.3) is 17.2 Å². The van der Waals surface area contributed by atoms with Crippen LogP contribution in [0.1, 0.15) is 113 Å². The van der Waals surface area contributed by atoms with Crippen LogP contribution in [0, 0.1) is 5.92 Å². The molecule has 2 aromatic rings. The monoisotopic (exact) mass is 561 g/mol. The molecule has 0 nitrogen and oxygen atoms in total. The fourth-order valence-corrected chi connectivity index (χ4v) is 10.3. The van der Waals surface area contributed by atoms with Gasteiger partial charge in [-0.25, -0.2) is 0 Å². The van der Waals surface area contributed by atoms with Crippen LogP contribution < -0.4 is 0 Å². The molecular formula is C30H41Cl2Zr. The normalized spacial score (nSPS) is 16.4. The van der Waals surface area contributed by atoms with Crippen molar-refractivity contribution >= 4 is 23.1 Å². The molecule has 0 aromatic heterocycles. The van der Waals surface area contributed by atoms with Crippen molar-refractivity contribution < 1.29 is 19.4 Å². The van der Waals surface area contributed by atoms with E-state index in [0.717, 1.165) is 6.42 Å². The first-order valence-corrected chi connectivity index (χ1v) is 20.1. The van der Waals surface area contributed by atoms with Crippen LogP contribution >= 0.6 is 17.0 Å². The number of fused-ring (bicyclic) bond motifs is 1. The van der Waals surface area contributed by atoms with Gasteiger partial charge in [0.05, 0.1) is 0 Å². The number of hydrogen-bond acceptors (Lipinski definition) is 0. The molecule has 0 radical (unpaired) electrons. The molecule has 3 rings (SSSR count). The minimum atomic E-state index is -2.55. The van der Waals surface area contributed by atoms with E-state index in [-0.39, 0.29) is 14.5 Å². The summed E-state index contributed by atoms with van der Waals surface area (Å²) < 4.78 is 0.265. The number of allylic oxidation sites excluding steroid dienone is 1. The molecule has 0 fully saturated rings. The molecule has 0 aliphatic heterocycles. The third-order valence-electron chi connectivity index (χ3n) is 6.76. The Labute approximate surface area is 217 Å². The first-order valence-electron chi connectivity index (χ1n) is 12.3. The molecule has 0 heterocycles. The summed E-state index contributed by atoms with van der Waals surface area (Å²) in [6, 6.07) is 11.9. The van der Waals surface area contributed by atoms with Gasteiger partial charge in [-0.2, -0.15) is 0 Å². The van der Waals surface area contributed by atoms with Crippen molar-refractivity contribution in [1.29, 1.82) is 0 Å². The third-order valence-corrected chi connectivity index (χ3v) is 12.1. The van der Waals surface area contributed by atoms with Crippen molar-refractivity contribution in [1.82, 2.24) is 0 Å². The van der Waals surface area contributed by atoms with E-state index in [9.17, 15) is 0 Å². The van der Waals surface area contributed by atoms with Gasteiger partial charge >= 0.3 is 219 Å². The van der Waals surface area contributed by atoms with Crippen molar-refractivity contribution in [2.24, 2.45) is 5.92 Å². The standard InChI is InChI=1S/C30H41.2ClH.Zr/c1-19(2)13-21-14-22-11-12-26(20(3)4)28(27(22)15-21)23-16-24(29(5,6)7)18-25(17-23)30(8,9)10;;;/h11-12,14-20H,13H2,1-10H3;2*1H;/q;;;+2/p-2. The maximum atomic E-state index is 6.78. The second-order valence-electron chi connectivity index (χ2n) is 12.5. The maximum absolute atomic E-state index is 6.78. The molecule has 33 heavy (non-hydrogen) atoms. The quantitative estimate of drug-likeness (QED) is 0.339. The van der Waals surface area contributed by atoms with Crippen LogP contribution in [-0.2, 0) is 30.2 Å². The van der Waals surface area contributed by atoms with Gasteiger partial charge in [0.25, 0.3) is 0 Å². The summed E-state index contributed by atoms with van der Waals surface area (Å²) in [5, 5.41) is 0. The van der Waals surface area contributed by atoms with Crippen LogP contribution in [-0.4, -0.2) is 0 Å². The van der Waals surface area contributed by atoms with Gasteiger partial charge < -0.3 is 0 Å². The van der Waals surface area contributed by atoms with E-state index in [4.69, 9.17) is 17.0 Å². The van der Waals surface area contributed by atoms with Crippen molar-refractivity contribution in [2.75, 3.05) is 0 Å². The van der Waals surface area contributed by atoms with Crippen molar-refractivity contribution in [2.45, 2.75) is 96.0 Å². The molecule has 3 heteroatoms. The van der Waals surface area contributed by atoms with E-state index in [1.807, 2.05) is 0 Å². The van der Waals surface area contributed by atoms with E-state index < -0.39 is 19.4 Å². The zero-order valence-electron chi connectivity index (χ0n) is 22.2. The molecule has 1 unspecified atom stereocenters. The van der Waals surface area contributed by atoms with E-state index >= 15 is 0 Å². The van der Waals surface area contributed by atoms with Crippen molar-refractivity contribution in [3.05, 3.63) is 63.7 Å². The summed E-state index contributed by atoms with van der Waals surface area (Å²) in [5.41, 5.74) is 11.3. The van der Waals surface area contributed by atoms with Crippen LogP contribution in [0.2, 0.25) is 0 Å². The number of rotatable bonds is 5. The molecule has 1 aliphatic rings. The Morgan fingerprint density at radius 2 is 1.39 bits per heavy atom. The van der Waals surface area contributed by atoms with Crippen LogP contribution in [0.3, 0.4) is 0 Å². The zero-order valence-corrected chi connectivity index (χ0v) is 26.1. The molecule has 1 aliphatic carbocycles. The Kier molecular flexibility index (Phi) is 8.21. The van der Waals surface area contributed by atoms with E-state index in [0.29, 0.717) is 11.8 Å². The molecule has 2 aromatic carbocycles. The Balaban J connectivity index is 2.38. The second-order valence-corrected chi connectivity index (χ2v) is 21.3. The van der Waals surface area contributed by atoms with Crippen molar-refractivity contribution in [3.63, 3.8) is 0 Å². The summed E-state index contributed by atoms with van der Waals surface area (Å²) in [6.45, 7) is 23.1. The second kappa shape index (κ2) is 9.95. The fraction of sp³-hybridized carbons (Fsp3) is 0.533. The van der Waals surface area contributed by atoms with Crippen LogP contribution in [0.15, 0.2) is 35.9 Å². The summed E-state index contributed by atoms with van der Waals surface area (Å²) >= 11 is -2.55. The van der Waals surface area contributed by atoms with Crippen molar-refractivity contribution in [3.8, 4) is 11.1 Å². The summed E-state index contributed by atoms with van der Waals surface area (Å²) in [5.74, 6) is 1.03. The topological polar surface area (TPSA) is 0 Å². The average molecular weight is 564 g/mol. The van der Waals surface area contributed by atoms with E-state index in [1.165, 1.54) is 44.5 Å². The Morgan fingerprint density at radius 3 is 1.82 bits per heavy atom. The van der Waals surface area contributed by atoms with Gasteiger partial charge in [-0.15, -0.1) is 0 Å². The third kappa shape index (κ3) is 5.90. The summed E-state index contributed by atoms with van der Waals surface area (Å²) in [6.07, 6.45) is 3.52. The summed E-state index contributed by atoms with van der Waals surface area (Å²) in [4.78, 5) is 0. The van der Waals surface area contributed by atoms with E-state index in [2.05, 4.69) is 106 Å². The Bertz CT molecular complexity index is 1010. The number of benzene rings is 2. The molecule has 0 amide bonds. The SMILES string of the molecule is CC(C)CC1=Cc2c(ccc(C(C)C)c2-c2cc(C(C)(C)C)cc(C(C)(C)C)c2)[CH]1[Zr]([Cl])[Cl]. The fourth-order valence-electron chi connectivity index (χ4n) is 4.88. The number of hydrogen-bond donors (Lipinski definition) is 0. The first kappa shape index (κ1) is 27.2. The van der Waals surface area contributed by atoms with Crippen LogP contribution in [0.5, 0.6) is 0 Å². The molecule has 0 spiro atoms. The van der Waals surface area contributed by atoms with Gasteiger partial charge in [0.1, 0.15) is 0 Å². The van der Waals surface area contributed by atoms with Gasteiger partial charge in [-0.05, 0) is 0 Å². The zero-order chi connectivity index (χ0) is 24.9. The molecule has 0 N–H and O–H groups in total. The number of halogens is 2. The molecule has 0 saturated heterocycles. The predicted octanol–water partition coefficient (Wildman–Crippen LogP) is 10.5. The average Bonchev–Trinajstić information content (AvgIpc) is 3.02. The Morgan fingerprint density at radius 1 is 0.848 bits per heavy atom. The summed E-state index contributed by atoms with van der Waals surface area (Å²) in [7, 11) is 13.6. The van der Waals surface area contributed by atoms with Gasteiger partial charge in [-0.1, -0.05) is 0 Å². The first-order chi connectivity index (χ1) is 15.1. The van der Waals surface area contributed by atoms with Gasteiger partial charge in [0, 0.05) is 0 Å². The molecule has 0 bridgehead atoms. The Hall–Kier alpha value is -0.357. The predicted molar refractivity (Wildman–Crippen MR) is 145 cm³/mol. The van der Waals surface area contributed by atoms with Gasteiger partial charge in [0.15, 0.2) is 0 Å². The molecule has 0 saturated carbocycles. The van der Waals surface area contributed by atoms with E-state index in [1.54, 1.807) is 0 Å². The van der Waals surface area contributed by atoms with Gasteiger partial charge in [-0.3, -0.25) is 0 Å². The molecule has 1 atom stereocenters. The van der Waals surface area contributed by atoms with Crippen LogP contribution in [0.4, 0.5) is 0 Å².